The third-order valence-electron chi connectivity index (χ3n) is 2.71. The van der Waals surface area contributed by atoms with Gasteiger partial charge in [-0.15, -0.1) is 0 Å². The van der Waals surface area contributed by atoms with Crippen LogP contribution in [0.25, 0.3) is 0 Å². The van der Waals surface area contributed by atoms with E-state index >= 15 is 0 Å². The van der Waals surface area contributed by atoms with Crippen molar-refractivity contribution in [3.63, 3.8) is 0 Å². The lowest BCUT2D eigenvalue weighted by atomic mass is 9.93. The Morgan fingerprint density at radius 1 is 1.24 bits per heavy atom. The summed E-state index contributed by atoms with van der Waals surface area (Å²) in [6.45, 7) is 4.82. The van der Waals surface area contributed by atoms with Crippen LogP contribution in [-0.2, 0) is 6.42 Å². The van der Waals surface area contributed by atoms with Gasteiger partial charge in [0.1, 0.15) is 0 Å². The van der Waals surface area contributed by atoms with Crippen LogP contribution >= 0.6 is 11.6 Å². The van der Waals surface area contributed by atoms with Gasteiger partial charge in [-0.05, 0) is 30.5 Å². The van der Waals surface area contributed by atoms with Crippen LogP contribution < -0.4 is 15.2 Å². The Morgan fingerprint density at radius 2 is 1.82 bits per heavy atom. The van der Waals surface area contributed by atoms with Gasteiger partial charge in [0.25, 0.3) is 0 Å². The molecule has 0 radical (unpaired) electrons. The molecule has 1 aromatic carbocycles. The first kappa shape index (κ1) is 14.1. The average molecular weight is 258 g/mol. The first-order valence-electron chi connectivity index (χ1n) is 5.70. The molecule has 4 heteroatoms. The zero-order valence-corrected chi connectivity index (χ0v) is 11.6. The molecular formula is C13H20ClNO2. The van der Waals surface area contributed by atoms with Crippen LogP contribution in [0.5, 0.6) is 11.5 Å². The molecule has 1 rings (SSSR count). The minimum absolute atomic E-state index is 0.331. The largest absolute Gasteiger partial charge is 0.492 e. The standard InChI is InChI=1S/C13H20ClNO2/c1-8(2)11-9(5-6-15)7-10(14)12(16-3)13(11)17-4/h7-8H,5-6,15H2,1-4H3. The van der Waals surface area contributed by atoms with Gasteiger partial charge in [-0.25, -0.2) is 0 Å². The van der Waals surface area contributed by atoms with Gasteiger partial charge < -0.3 is 15.2 Å². The quantitative estimate of drug-likeness (QED) is 0.882. The van der Waals surface area contributed by atoms with Crippen molar-refractivity contribution in [1.29, 1.82) is 0 Å². The SMILES string of the molecule is COc1c(Cl)cc(CCN)c(C(C)C)c1OC. The summed E-state index contributed by atoms with van der Waals surface area (Å²) in [6.07, 6.45) is 0.785. The first-order valence-corrected chi connectivity index (χ1v) is 6.07. The van der Waals surface area contributed by atoms with Crippen LogP contribution in [0.1, 0.15) is 30.9 Å². The molecule has 0 saturated heterocycles. The topological polar surface area (TPSA) is 44.5 Å². The summed E-state index contributed by atoms with van der Waals surface area (Å²) in [5, 5.41) is 0.567. The second kappa shape index (κ2) is 6.12. The number of nitrogens with two attached hydrogens (primary N) is 1. The second-order valence-electron chi connectivity index (χ2n) is 4.19. The van der Waals surface area contributed by atoms with Gasteiger partial charge in [-0.3, -0.25) is 0 Å². The molecule has 0 unspecified atom stereocenters. The zero-order chi connectivity index (χ0) is 13.0. The van der Waals surface area contributed by atoms with E-state index in [1.165, 1.54) is 0 Å². The molecule has 0 saturated carbocycles. The molecular weight excluding hydrogens is 238 g/mol. The van der Waals surface area contributed by atoms with E-state index < -0.39 is 0 Å². The highest BCUT2D eigenvalue weighted by Crippen LogP contribution is 2.43. The Labute approximate surface area is 108 Å². The summed E-state index contributed by atoms with van der Waals surface area (Å²) in [4.78, 5) is 0. The molecule has 1 aromatic rings. The second-order valence-corrected chi connectivity index (χ2v) is 4.60. The van der Waals surface area contributed by atoms with Crippen molar-refractivity contribution in [2.75, 3.05) is 20.8 Å². The number of benzene rings is 1. The van der Waals surface area contributed by atoms with Crippen molar-refractivity contribution >= 4 is 11.6 Å². The molecule has 0 spiro atoms. The fourth-order valence-electron chi connectivity index (χ4n) is 2.06. The lowest BCUT2D eigenvalue weighted by Gasteiger charge is -2.20. The van der Waals surface area contributed by atoms with E-state index in [0.29, 0.717) is 23.2 Å². The van der Waals surface area contributed by atoms with E-state index in [9.17, 15) is 0 Å². The van der Waals surface area contributed by atoms with E-state index in [0.717, 1.165) is 23.3 Å². The molecule has 0 aliphatic carbocycles. The van der Waals surface area contributed by atoms with Gasteiger partial charge in [-0.1, -0.05) is 25.4 Å². The maximum absolute atomic E-state index is 6.18. The summed E-state index contributed by atoms with van der Waals surface area (Å²) >= 11 is 6.18. The van der Waals surface area contributed by atoms with Gasteiger partial charge in [0, 0.05) is 5.56 Å². The maximum Gasteiger partial charge on any atom is 0.179 e. The van der Waals surface area contributed by atoms with Crippen LogP contribution in [0.15, 0.2) is 6.07 Å². The number of hydrogen-bond acceptors (Lipinski definition) is 3. The van der Waals surface area contributed by atoms with E-state index in [1.807, 2.05) is 6.07 Å². The highest BCUT2D eigenvalue weighted by molar-refractivity contribution is 6.32. The molecule has 0 bridgehead atoms. The molecule has 0 aliphatic rings. The third kappa shape index (κ3) is 2.85. The Bertz CT molecular complexity index is 391. The van der Waals surface area contributed by atoms with E-state index in [1.54, 1.807) is 14.2 Å². The van der Waals surface area contributed by atoms with Gasteiger partial charge in [-0.2, -0.15) is 0 Å². The van der Waals surface area contributed by atoms with E-state index in [4.69, 9.17) is 26.8 Å². The molecule has 0 amide bonds. The monoisotopic (exact) mass is 257 g/mol. The van der Waals surface area contributed by atoms with E-state index in [2.05, 4.69) is 13.8 Å². The Balaban J connectivity index is 3.47. The molecule has 96 valence electrons. The van der Waals surface area contributed by atoms with Gasteiger partial charge in [0.15, 0.2) is 11.5 Å². The fraction of sp³-hybridized carbons (Fsp3) is 0.538. The minimum atomic E-state index is 0.331. The van der Waals surface area contributed by atoms with Crippen LogP contribution in [0.2, 0.25) is 5.02 Å². The Kier molecular flexibility index (Phi) is 5.09. The molecule has 0 aliphatic heterocycles. The van der Waals surface area contributed by atoms with Gasteiger partial charge in [0.05, 0.1) is 19.2 Å². The van der Waals surface area contributed by atoms with E-state index in [-0.39, 0.29) is 0 Å². The highest BCUT2D eigenvalue weighted by Gasteiger charge is 2.20. The minimum Gasteiger partial charge on any atom is -0.492 e. The summed E-state index contributed by atoms with van der Waals surface area (Å²) in [5.41, 5.74) is 7.88. The smallest absolute Gasteiger partial charge is 0.179 e. The molecule has 0 atom stereocenters. The van der Waals surface area contributed by atoms with Crippen molar-refractivity contribution in [2.45, 2.75) is 26.2 Å². The predicted octanol–water partition coefficient (Wildman–Crippen LogP) is 2.98. The summed E-state index contributed by atoms with van der Waals surface area (Å²) in [5.74, 6) is 1.65. The lowest BCUT2D eigenvalue weighted by molar-refractivity contribution is 0.350. The summed E-state index contributed by atoms with van der Waals surface area (Å²) < 4.78 is 10.7. The van der Waals surface area contributed by atoms with Gasteiger partial charge in [0.2, 0.25) is 0 Å². The molecule has 0 heterocycles. The molecule has 3 nitrogen and oxygen atoms in total. The molecule has 2 N–H and O–H groups in total. The van der Waals surface area contributed by atoms with Crippen LogP contribution in [0.4, 0.5) is 0 Å². The highest BCUT2D eigenvalue weighted by atomic mass is 35.5. The van der Waals surface area contributed by atoms with Gasteiger partial charge >= 0.3 is 0 Å². The van der Waals surface area contributed by atoms with Crippen LogP contribution in [0, 0.1) is 0 Å². The molecule has 17 heavy (non-hydrogen) atoms. The molecule has 0 fully saturated rings. The number of halogens is 1. The van der Waals surface area contributed by atoms with Crippen molar-refractivity contribution in [3.8, 4) is 11.5 Å². The Morgan fingerprint density at radius 3 is 2.24 bits per heavy atom. The number of ether oxygens (including phenoxy) is 2. The van der Waals surface area contributed by atoms with Crippen molar-refractivity contribution < 1.29 is 9.47 Å². The fourth-order valence-corrected chi connectivity index (χ4v) is 2.36. The Hall–Kier alpha value is -0.930. The third-order valence-corrected chi connectivity index (χ3v) is 2.99. The summed E-state index contributed by atoms with van der Waals surface area (Å²) in [6, 6.07) is 1.92. The van der Waals surface area contributed by atoms with Crippen LogP contribution in [-0.4, -0.2) is 20.8 Å². The van der Waals surface area contributed by atoms with Crippen LogP contribution in [0.3, 0.4) is 0 Å². The lowest BCUT2D eigenvalue weighted by Crippen LogP contribution is -2.08. The average Bonchev–Trinajstić information content (AvgIpc) is 2.27. The van der Waals surface area contributed by atoms with Crippen molar-refractivity contribution in [2.24, 2.45) is 5.73 Å². The van der Waals surface area contributed by atoms with Crippen molar-refractivity contribution in [3.05, 3.63) is 22.2 Å². The normalized spacial score (nSPS) is 10.8. The number of hydrogen-bond donors (Lipinski definition) is 1. The molecule has 0 aromatic heterocycles. The number of methoxy groups -OCH3 is 2. The maximum atomic E-state index is 6.18. The predicted molar refractivity (Wildman–Crippen MR) is 71.4 cm³/mol. The first-order chi connectivity index (χ1) is 8.06. The zero-order valence-electron chi connectivity index (χ0n) is 10.8. The number of rotatable bonds is 5. The summed E-state index contributed by atoms with van der Waals surface area (Å²) in [7, 11) is 3.22. The van der Waals surface area contributed by atoms with Crippen molar-refractivity contribution in [1.82, 2.24) is 0 Å².